The van der Waals surface area contributed by atoms with Gasteiger partial charge < -0.3 is 20.3 Å². The molecule has 7 nitrogen and oxygen atoms in total. The molecule has 1 aliphatic rings. The molecular weight excluding hydrogens is 352 g/mol. The number of aromatic nitrogens is 2. The predicted molar refractivity (Wildman–Crippen MR) is 113 cm³/mol. The van der Waals surface area contributed by atoms with Crippen molar-refractivity contribution in [2.24, 2.45) is 4.99 Å². The Balaban J connectivity index is 1.64. The van der Waals surface area contributed by atoms with Crippen molar-refractivity contribution in [1.82, 2.24) is 25.3 Å². The molecule has 1 aromatic heterocycles. The van der Waals surface area contributed by atoms with Crippen LogP contribution in [-0.4, -0.2) is 67.1 Å². The second kappa shape index (κ2) is 9.21. The zero-order valence-corrected chi connectivity index (χ0v) is 17.4. The lowest BCUT2D eigenvalue weighted by Crippen LogP contribution is -2.57. The molecule has 1 aromatic carbocycles. The molecular formula is C21H32N6O. The van der Waals surface area contributed by atoms with Gasteiger partial charge in [0.15, 0.2) is 5.96 Å². The molecule has 7 heteroatoms. The van der Waals surface area contributed by atoms with E-state index in [0.29, 0.717) is 0 Å². The summed E-state index contributed by atoms with van der Waals surface area (Å²) in [6.45, 7) is 4.60. The molecule has 3 rings (SSSR count). The average Bonchev–Trinajstić information content (AvgIpc) is 3.26. The van der Waals surface area contributed by atoms with Gasteiger partial charge in [0.25, 0.3) is 0 Å². The van der Waals surface area contributed by atoms with Gasteiger partial charge >= 0.3 is 0 Å². The van der Waals surface area contributed by atoms with Crippen LogP contribution in [0.2, 0.25) is 0 Å². The Morgan fingerprint density at radius 1 is 1.32 bits per heavy atom. The summed E-state index contributed by atoms with van der Waals surface area (Å²) in [6.07, 6.45) is 5.78. The van der Waals surface area contributed by atoms with Gasteiger partial charge in [0.05, 0.1) is 11.7 Å². The second-order valence-corrected chi connectivity index (χ2v) is 7.57. The fourth-order valence-electron chi connectivity index (χ4n) is 3.62. The van der Waals surface area contributed by atoms with Gasteiger partial charge in [0.2, 0.25) is 0 Å². The van der Waals surface area contributed by atoms with E-state index in [1.165, 1.54) is 5.56 Å². The number of ether oxygens (including phenoxy) is 1. The zero-order valence-electron chi connectivity index (χ0n) is 17.4. The Kier molecular flexibility index (Phi) is 6.70. The summed E-state index contributed by atoms with van der Waals surface area (Å²) in [4.78, 5) is 6.74. The van der Waals surface area contributed by atoms with E-state index in [1.54, 1.807) is 6.20 Å². The molecule has 1 fully saturated rings. The number of nitrogens with one attached hydrogen (secondary N) is 2. The molecule has 0 bridgehead atoms. The molecule has 152 valence electrons. The largest absolute Gasteiger partial charge is 0.381 e. The Morgan fingerprint density at radius 2 is 2.11 bits per heavy atom. The van der Waals surface area contributed by atoms with E-state index in [4.69, 9.17) is 4.74 Å². The topological polar surface area (TPSA) is 66.7 Å². The Hall–Kier alpha value is -2.38. The van der Waals surface area contributed by atoms with E-state index in [2.05, 4.69) is 70.9 Å². The van der Waals surface area contributed by atoms with Crippen LogP contribution in [0.1, 0.15) is 31.4 Å². The highest BCUT2D eigenvalue weighted by atomic mass is 16.5. The Morgan fingerprint density at radius 3 is 2.75 bits per heavy atom. The number of hydrogen-bond donors (Lipinski definition) is 2. The van der Waals surface area contributed by atoms with Gasteiger partial charge in [0.1, 0.15) is 0 Å². The van der Waals surface area contributed by atoms with Crippen LogP contribution in [-0.2, 0) is 4.74 Å². The van der Waals surface area contributed by atoms with Crippen LogP contribution in [0.25, 0.3) is 5.69 Å². The first-order chi connectivity index (χ1) is 13.5. The molecule has 0 saturated carbocycles. The molecule has 1 unspecified atom stereocenters. The predicted octanol–water partition coefficient (Wildman–Crippen LogP) is 2.21. The van der Waals surface area contributed by atoms with Crippen LogP contribution in [0.3, 0.4) is 0 Å². The van der Waals surface area contributed by atoms with Crippen LogP contribution in [0.15, 0.2) is 47.7 Å². The Bertz CT molecular complexity index is 765. The lowest BCUT2D eigenvalue weighted by atomic mass is 9.88. The minimum Gasteiger partial charge on any atom is -0.381 e. The summed E-state index contributed by atoms with van der Waals surface area (Å²) < 4.78 is 7.44. The first kappa shape index (κ1) is 20.4. The fourth-order valence-corrected chi connectivity index (χ4v) is 3.62. The van der Waals surface area contributed by atoms with Crippen molar-refractivity contribution in [3.8, 4) is 5.69 Å². The summed E-state index contributed by atoms with van der Waals surface area (Å²) in [6, 6.07) is 10.4. The maximum Gasteiger partial charge on any atom is 0.191 e. The second-order valence-electron chi connectivity index (χ2n) is 7.57. The monoisotopic (exact) mass is 384 g/mol. The van der Waals surface area contributed by atoms with Gasteiger partial charge in [-0.3, -0.25) is 4.99 Å². The SMILES string of the molecule is CN=C(NCC1(N(C)C)CCOCC1)NC(C)c1cccc(-n2cccn2)c1. The average molecular weight is 385 g/mol. The smallest absolute Gasteiger partial charge is 0.191 e. The molecule has 2 aromatic rings. The standard InChI is InChI=1S/C21H32N6O/c1-17(18-7-5-8-19(15-18)27-12-6-11-24-27)25-20(22-2)23-16-21(26(3)4)9-13-28-14-10-21/h5-8,11-12,15,17H,9-10,13-14,16H2,1-4H3,(H2,22,23,25). The minimum atomic E-state index is 0.0963. The van der Waals surface area contributed by atoms with E-state index in [1.807, 2.05) is 24.0 Å². The summed E-state index contributed by atoms with van der Waals surface area (Å²) >= 11 is 0. The highest BCUT2D eigenvalue weighted by Gasteiger charge is 2.34. The number of nitrogens with zero attached hydrogens (tertiary/aromatic N) is 4. The highest BCUT2D eigenvalue weighted by molar-refractivity contribution is 5.80. The maximum atomic E-state index is 5.56. The van der Waals surface area contributed by atoms with Crippen LogP contribution < -0.4 is 10.6 Å². The summed E-state index contributed by atoms with van der Waals surface area (Å²) in [5.41, 5.74) is 2.33. The normalized spacial score (nSPS) is 18.1. The molecule has 0 amide bonds. The van der Waals surface area contributed by atoms with Crippen LogP contribution >= 0.6 is 0 Å². The molecule has 2 N–H and O–H groups in total. The summed E-state index contributed by atoms with van der Waals surface area (Å²) in [7, 11) is 6.10. The van der Waals surface area contributed by atoms with Crippen LogP contribution in [0.4, 0.5) is 0 Å². The number of likely N-dealkylation sites (N-methyl/N-ethyl adjacent to an activating group) is 1. The molecule has 1 saturated heterocycles. The number of rotatable bonds is 6. The summed E-state index contributed by atoms with van der Waals surface area (Å²) in [5, 5.41) is 11.4. The van der Waals surface area contributed by atoms with E-state index in [0.717, 1.165) is 44.2 Å². The first-order valence-corrected chi connectivity index (χ1v) is 9.86. The third-order valence-corrected chi connectivity index (χ3v) is 5.67. The first-order valence-electron chi connectivity index (χ1n) is 9.86. The zero-order chi connectivity index (χ0) is 20.0. The quantitative estimate of drug-likeness (QED) is 0.590. The molecule has 0 radical (unpaired) electrons. The van der Waals surface area contributed by atoms with Crippen molar-refractivity contribution >= 4 is 5.96 Å². The van der Waals surface area contributed by atoms with Gasteiger partial charge in [-0.15, -0.1) is 0 Å². The molecule has 28 heavy (non-hydrogen) atoms. The van der Waals surface area contributed by atoms with Gasteiger partial charge in [-0.05, 0) is 57.6 Å². The molecule has 0 aliphatic carbocycles. The highest BCUT2D eigenvalue weighted by Crippen LogP contribution is 2.25. The lowest BCUT2D eigenvalue weighted by molar-refractivity contribution is -0.00502. The lowest BCUT2D eigenvalue weighted by Gasteiger charge is -2.43. The number of hydrogen-bond acceptors (Lipinski definition) is 4. The third-order valence-electron chi connectivity index (χ3n) is 5.67. The van der Waals surface area contributed by atoms with Crippen molar-refractivity contribution in [3.63, 3.8) is 0 Å². The maximum absolute atomic E-state index is 5.56. The molecule has 0 spiro atoms. The van der Waals surface area contributed by atoms with Gasteiger partial charge in [0, 0.05) is 44.7 Å². The van der Waals surface area contributed by atoms with Crippen molar-refractivity contribution in [2.45, 2.75) is 31.3 Å². The van der Waals surface area contributed by atoms with Crippen molar-refractivity contribution in [1.29, 1.82) is 0 Å². The van der Waals surface area contributed by atoms with Gasteiger partial charge in [-0.2, -0.15) is 5.10 Å². The summed E-state index contributed by atoms with van der Waals surface area (Å²) in [5.74, 6) is 0.810. The van der Waals surface area contributed by atoms with Crippen molar-refractivity contribution in [2.75, 3.05) is 40.9 Å². The van der Waals surface area contributed by atoms with Crippen molar-refractivity contribution < 1.29 is 4.74 Å². The van der Waals surface area contributed by atoms with Crippen molar-refractivity contribution in [3.05, 3.63) is 48.3 Å². The molecule has 1 atom stereocenters. The van der Waals surface area contributed by atoms with E-state index < -0.39 is 0 Å². The minimum absolute atomic E-state index is 0.0963. The number of aliphatic imine (C=N–C) groups is 1. The Labute approximate surface area is 167 Å². The number of guanidine groups is 1. The van der Waals surface area contributed by atoms with E-state index in [9.17, 15) is 0 Å². The molecule has 2 heterocycles. The number of benzene rings is 1. The van der Waals surface area contributed by atoms with Crippen LogP contribution in [0.5, 0.6) is 0 Å². The van der Waals surface area contributed by atoms with Crippen LogP contribution in [0, 0.1) is 0 Å². The van der Waals surface area contributed by atoms with Gasteiger partial charge in [-0.25, -0.2) is 4.68 Å². The van der Waals surface area contributed by atoms with E-state index >= 15 is 0 Å². The van der Waals surface area contributed by atoms with Gasteiger partial charge in [-0.1, -0.05) is 12.1 Å². The van der Waals surface area contributed by atoms with E-state index in [-0.39, 0.29) is 11.6 Å². The third kappa shape index (κ3) is 4.72. The fraction of sp³-hybridized carbons (Fsp3) is 0.524. The molecule has 1 aliphatic heterocycles.